The minimum Gasteiger partial charge on any atom is -0.384 e. The molecular weight excluding hydrogens is 483 g/mol. The Bertz CT molecular complexity index is 1250. The summed E-state index contributed by atoms with van der Waals surface area (Å²) in [5, 5.41) is 7.66. The van der Waals surface area contributed by atoms with Crippen LogP contribution in [0.25, 0.3) is 16.9 Å². The van der Waals surface area contributed by atoms with Crippen molar-refractivity contribution < 1.29 is 9.53 Å². The molecule has 35 heavy (non-hydrogen) atoms. The third-order valence-electron chi connectivity index (χ3n) is 5.91. The van der Waals surface area contributed by atoms with Gasteiger partial charge in [-0.15, -0.1) is 0 Å². The van der Waals surface area contributed by atoms with Gasteiger partial charge >= 0.3 is 0 Å². The second-order valence-corrected chi connectivity index (χ2v) is 9.28. The lowest BCUT2D eigenvalue weighted by atomic mass is 10.0. The van der Waals surface area contributed by atoms with E-state index in [9.17, 15) is 4.79 Å². The molecule has 2 aromatic carbocycles. The second kappa shape index (κ2) is 11.7. The summed E-state index contributed by atoms with van der Waals surface area (Å²) in [6.45, 7) is 4.20. The van der Waals surface area contributed by atoms with Gasteiger partial charge < -0.3 is 4.74 Å². The van der Waals surface area contributed by atoms with Gasteiger partial charge in [-0.25, -0.2) is 9.69 Å². The van der Waals surface area contributed by atoms with E-state index in [0.29, 0.717) is 34.5 Å². The van der Waals surface area contributed by atoms with Crippen molar-refractivity contribution in [1.82, 2.24) is 20.2 Å². The van der Waals surface area contributed by atoms with Crippen LogP contribution < -0.4 is 5.43 Å². The SMILES string of the molecule is COCCC#Cc1ccc(-c2c(C)c(C(=O)NN3CCCCC3)nn2-c2ccc(Cl)cc2Cl)cc1. The summed E-state index contributed by atoms with van der Waals surface area (Å²) in [5.41, 5.74) is 7.39. The number of piperidine rings is 1. The van der Waals surface area contributed by atoms with Gasteiger partial charge in [-0.3, -0.25) is 10.2 Å². The Balaban J connectivity index is 1.72. The number of halogens is 2. The fourth-order valence-electron chi connectivity index (χ4n) is 4.11. The Kier molecular flexibility index (Phi) is 8.48. The number of methoxy groups -OCH3 is 1. The number of carbonyl (C=O) groups is 1. The molecule has 0 aliphatic carbocycles. The van der Waals surface area contributed by atoms with Crippen LogP contribution in [0.3, 0.4) is 0 Å². The zero-order valence-electron chi connectivity index (χ0n) is 19.9. The number of hydrogen-bond donors (Lipinski definition) is 1. The van der Waals surface area contributed by atoms with Crippen LogP contribution in [-0.2, 0) is 4.74 Å². The number of carbonyl (C=O) groups excluding carboxylic acids is 1. The van der Waals surface area contributed by atoms with Gasteiger partial charge in [0.25, 0.3) is 5.91 Å². The first-order valence-corrected chi connectivity index (χ1v) is 12.4. The molecule has 1 N–H and O–H groups in total. The Morgan fingerprint density at radius 3 is 2.54 bits per heavy atom. The van der Waals surface area contributed by atoms with Crippen LogP contribution in [0.2, 0.25) is 10.0 Å². The highest BCUT2D eigenvalue weighted by Crippen LogP contribution is 2.33. The van der Waals surface area contributed by atoms with E-state index in [1.165, 1.54) is 6.42 Å². The van der Waals surface area contributed by atoms with Crippen molar-refractivity contribution in [2.24, 2.45) is 0 Å². The van der Waals surface area contributed by atoms with Gasteiger partial charge in [-0.2, -0.15) is 5.10 Å². The van der Waals surface area contributed by atoms with E-state index in [0.717, 1.165) is 48.3 Å². The Labute approximate surface area is 216 Å². The fraction of sp³-hybridized carbons (Fsp3) is 0.333. The molecule has 0 bridgehead atoms. The molecule has 0 radical (unpaired) electrons. The maximum atomic E-state index is 13.2. The van der Waals surface area contributed by atoms with E-state index in [2.05, 4.69) is 17.3 Å². The molecule has 1 aliphatic heterocycles. The van der Waals surface area contributed by atoms with Crippen molar-refractivity contribution in [1.29, 1.82) is 0 Å². The summed E-state index contributed by atoms with van der Waals surface area (Å²) in [5.74, 6) is 6.02. The predicted molar refractivity (Wildman–Crippen MR) is 140 cm³/mol. The first-order chi connectivity index (χ1) is 17.0. The summed E-state index contributed by atoms with van der Waals surface area (Å²) in [7, 11) is 1.66. The van der Waals surface area contributed by atoms with Gasteiger partial charge in [0.1, 0.15) is 0 Å². The Morgan fingerprint density at radius 1 is 1.11 bits per heavy atom. The number of nitrogens with zero attached hydrogens (tertiary/aromatic N) is 3. The van der Waals surface area contributed by atoms with Crippen molar-refractivity contribution in [3.8, 4) is 28.8 Å². The molecule has 1 aliphatic rings. The highest BCUT2D eigenvalue weighted by atomic mass is 35.5. The van der Waals surface area contributed by atoms with E-state index >= 15 is 0 Å². The van der Waals surface area contributed by atoms with Crippen LogP contribution in [0.15, 0.2) is 42.5 Å². The van der Waals surface area contributed by atoms with E-state index in [-0.39, 0.29) is 5.91 Å². The van der Waals surface area contributed by atoms with E-state index < -0.39 is 0 Å². The minimum atomic E-state index is -0.227. The Morgan fingerprint density at radius 2 is 1.86 bits per heavy atom. The molecule has 182 valence electrons. The molecular formula is C27H28Cl2N4O2. The third-order valence-corrected chi connectivity index (χ3v) is 6.45. The molecule has 1 saturated heterocycles. The molecule has 1 fully saturated rings. The summed E-state index contributed by atoms with van der Waals surface area (Å²) in [6, 6.07) is 13.1. The predicted octanol–water partition coefficient (Wildman–Crippen LogP) is 5.67. The maximum Gasteiger partial charge on any atom is 0.286 e. The Hall–Kier alpha value is -2.82. The molecule has 0 atom stereocenters. The summed E-state index contributed by atoms with van der Waals surface area (Å²) < 4.78 is 6.77. The number of hydrogen-bond acceptors (Lipinski definition) is 4. The molecule has 0 unspecified atom stereocenters. The topological polar surface area (TPSA) is 59.4 Å². The van der Waals surface area contributed by atoms with Crippen LogP contribution in [-0.4, -0.2) is 47.5 Å². The van der Waals surface area contributed by atoms with Gasteiger partial charge in [-0.1, -0.05) is 53.6 Å². The first-order valence-electron chi connectivity index (χ1n) is 11.7. The number of ether oxygens (including phenoxy) is 1. The standard InChI is InChI=1S/C27H28Cl2N4O2/c1-19-25(27(34)31-32-15-5-3-6-16-32)30-33(24-14-13-22(28)18-23(24)29)26(19)21-11-9-20(10-12-21)8-4-7-17-35-2/h9-14,18H,3,5-7,15-17H2,1-2H3,(H,31,34). The van der Waals surface area contributed by atoms with E-state index in [1.807, 2.05) is 42.3 Å². The average Bonchev–Trinajstić information content (AvgIpc) is 3.19. The van der Waals surface area contributed by atoms with Gasteiger partial charge in [-0.05, 0) is 50.1 Å². The highest BCUT2D eigenvalue weighted by Gasteiger charge is 2.24. The zero-order chi connectivity index (χ0) is 24.8. The zero-order valence-corrected chi connectivity index (χ0v) is 21.4. The lowest BCUT2D eigenvalue weighted by molar-refractivity contribution is 0.0743. The second-order valence-electron chi connectivity index (χ2n) is 8.44. The van der Waals surface area contributed by atoms with Crippen molar-refractivity contribution in [3.05, 3.63) is 69.3 Å². The average molecular weight is 511 g/mol. The van der Waals surface area contributed by atoms with Crippen molar-refractivity contribution in [2.45, 2.75) is 32.6 Å². The fourth-order valence-corrected chi connectivity index (χ4v) is 4.60. The number of benzene rings is 2. The van der Waals surface area contributed by atoms with E-state index in [4.69, 9.17) is 33.0 Å². The van der Waals surface area contributed by atoms with Crippen molar-refractivity contribution in [2.75, 3.05) is 26.8 Å². The largest absolute Gasteiger partial charge is 0.384 e. The highest BCUT2D eigenvalue weighted by molar-refractivity contribution is 6.35. The number of aromatic nitrogens is 2. The number of hydrazine groups is 1. The molecule has 4 rings (SSSR count). The maximum absolute atomic E-state index is 13.2. The quantitative estimate of drug-likeness (QED) is 0.342. The van der Waals surface area contributed by atoms with Crippen LogP contribution in [0.5, 0.6) is 0 Å². The number of amides is 1. The van der Waals surface area contributed by atoms with Crippen LogP contribution in [0.1, 0.15) is 47.3 Å². The first kappa shape index (κ1) is 25.3. The molecule has 8 heteroatoms. The van der Waals surface area contributed by atoms with Crippen molar-refractivity contribution in [3.63, 3.8) is 0 Å². The molecule has 1 aromatic heterocycles. The lowest BCUT2D eigenvalue weighted by Crippen LogP contribution is -2.45. The number of rotatable bonds is 6. The number of nitrogens with one attached hydrogen (secondary N) is 1. The van der Waals surface area contributed by atoms with Gasteiger partial charge in [0.2, 0.25) is 0 Å². The van der Waals surface area contributed by atoms with Gasteiger partial charge in [0.05, 0.1) is 23.0 Å². The van der Waals surface area contributed by atoms with Gasteiger partial charge in [0, 0.05) is 48.3 Å². The minimum absolute atomic E-state index is 0.227. The van der Waals surface area contributed by atoms with Crippen LogP contribution in [0, 0.1) is 18.8 Å². The summed E-state index contributed by atoms with van der Waals surface area (Å²) in [4.78, 5) is 13.2. The molecule has 0 spiro atoms. The molecule has 2 heterocycles. The molecule has 3 aromatic rings. The molecule has 1 amide bonds. The molecule has 6 nitrogen and oxygen atoms in total. The summed E-state index contributed by atoms with van der Waals surface area (Å²) in [6.07, 6.45) is 4.00. The monoisotopic (exact) mass is 510 g/mol. The van der Waals surface area contributed by atoms with Crippen molar-refractivity contribution >= 4 is 29.1 Å². The molecule has 0 saturated carbocycles. The lowest BCUT2D eigenvalue weighted by Gasteiger charge is -2.26. The van der Waals surface area contributed by atoms with Crippen LogP contribution >= 0.6 is 23.2 Å². The van der Waals surface area contributed by atoms with Gasteiger partial charge in [0.15, 0.2) is 5.69 Å². The smallest absolute Gasteiger partial charge is 0.286 e. The normalized spacial score (nSPS) is 13.8. The van der Waals surface area contributed by atoms with E-state index in [1.54, 1.807) is 23.9 Å². The van der Waals surface area contributed by atoms with Crippen LogP contribution in [0.4, 0.5) is 0 Å². The third kappa shape index (κ3) is 6.06. The summed E-state index contributed by atoms with van der Waals surface area (Å²) >= 11 is 12.7.